The number of carbonyl (C=O) groups is 3. The Morgan fingerprint density at radius 3 is 2.83 bits per heavy atom. The van der Waals surface area contributed by atoms with E-state index in [-0.39, 0.29) is 5.76 Å². The summed E-state index contributed by atoms with van der Waals surface area (Å²) in [5.74, 6) is -3.02. The van der Waals surface area contributed by atoms with Crippen molar-refractivity contribution < 1.29 is 19.1 Å². The van der Waals surface area contributed by atoms with Gasteiger partial charge in [0, 0.05) is 6.08 Å². The molecule has 1 aromatic heterocycles. The Morgan fingerprint density at radius 1 is 1.44 bits per heavy atom. The molecule has 1 aliphatic rings. The Balaban J connectivity index is 2.14. The summed E-state index contributed by atoms with van der Waals surface area (Å²) in [6.45, 7) is 1.50. The fourth-order valence-corrected chi connectivity index (χ4v) is 2.18. The zero-order valence-corrected chi connectivity index (χ0v) is 10.4. The second-order valence-corrected chi connectivity index (χ2v) is 4.58. The van der Waals surface area contributed by atoms with Crippen molar-refractivity contribution in [3.63, 3.8) is 0 Å². The van der Waals surface area contributed by atoms with E-state index in [4.69, 9.17) is 4.74 Å². The molecule has 0 bridgehead atoms. The number of carbonyl (C=O) groups excluding carboxylic acids is 3. The van der Waals surface area contributed by atoms with Crippen molar-refractivity contribution in [3.8, 4) is 0 Å². The van der Waals surface area contributed by atoms with Gasteiger partial charge in [-0.15, -0.1) is 0 Å². The topological polar surface area (TPSA) is 60.4 Å². The van der Waals surface area contributed by atoms with Crippen LogP contribution in [0.4, 0.5) is 0 Å². The fourth-order valence-electron chi connectivity index (χ4n) is 1.55. The molecule has 5 heteroatoms. The van der Waals surface area contributed by atoms with Gasteiger partial charge in [-0.2, -0.15) is 11.3 Å². The number of rotatable bonds is 3. The Morgan fingerprint density at radius 2 is 2.22 bits per heavy atom. The summed E-state index contributed by atoms with van der Waals surface area (Å²) in [6.07, 6.45) is 3.98. The van der Waals surface area contributed by atoms with Crippen LogP contribution in [0.5, 0.6) is 0 Å². The van der Waals surface area contributed by atoms with Crippen LogP contribution in [0.1, 0.15) is 12.5 Å². The number of hydrogen-bond donors (Lipinski definition) is 0. The van der Waals surface area contributed by atoms with E-state index in [2.05, 4.69) is 0 Å². The molecule has 1 atom stereocenters. The SMILES string of the molecule is CC1=CC(=O)[C@H](C(=O)/C=C/c2ccsc2)C(=O)O1. The molecule has 2 heterocycles. The molecular weight excluding hydrogens is 252 g/mol. The first-order valence-corrected chi connectivity index (χ1v) is 6.20. The van der Waals surface area contributed by atoms with Crippen molar-refractivity contribution in [2.24, 2.45) is 5.92 Å². The van der Waals surface area contributed by atoms with Crippen LogP contribution in [0, 0.1) is 5.92 Å². The van der Waals surface area contributed by atoms with E-state index in [0.717, 1.165) is 5.56 Å². The zero-order valence-electron chi connectivity index (χ0n) is 9.58. The summed E-state index contributed by atoms with van der Waals surface area (Å²) in [6, 6.07) is 1.83. The second kappa shape index (κ2) is 5.10. The maximum Gasteiger partial charge on any atom is 0.329 e. The summed E-state index contributed by atoms with van der Waals surface area (Å²) in [5, 5.41) is 3.73. The molecule has 0 saturated carbocycles. The van der Waals surface area contributed by atoms with Crippen LogP contribution in [0.2, 0.25) is 0 Å². The molecule has 0 unspecified atom stereocenters. The maximum atomic E-state index is 11.8. The van der Waals surface area contributed by atoms with Crippen molar-refractivity contribution in [1.29, 1.82) is 0 Å². The number of ether oxygens (including phenoxy) is 1. The predicted octanol–water partition coefficient (Wildman–Crippen LogP) is 1.98. The lowest BCUT2D eigenvalue weighted by molar-refractivity contribution is -0.151. The monoisotopic (exact) mass is 262 g/mol. The first kappa shape index (κ1) is 12.4. The third-order valence-corrected chi connectivity index (χ3v) is 3.10. The average Bonchev–Trinajstić information content (AvgIpc) is 2.77. The third-order valence-electron chi connectivity index (χ3n) is 2.40. The van der Waals surface area contributed by atoms with Gasteiger partial charge in [0.2, 0.25) is 0 Å². The summed E-state index contributed by atoms with van der Waals surface area (Å²) < 4.78 is 4.78. The first-order chi connectivity index (χ1) is 8.58. The van der Waals surface area contributed by atoms with Gasteiger partial charge in [0.25, 0.3) is 0 Å². The minimum atomic E-state index is -1.36. The van der Waals surface area contributed by atoms with Crippen LogP contribution in [-0.4, -0.2) is 17.5 Å². The van der Waals surface area contributed by atoms with Crippen LogP contribution < -0.4 is 0 Å². The summed E-state index contributed by atoms with van der Waals surface area (Å²) >= 11 is 1.50. The highest BCUT2D eigenvalue weighted by molar-refractivity contribution is 7.08. The van der Waals surface area contributed by atoms with Crippen LogP contribution in [0.25, 0.3) is 6.08 Å². The van der Waals surface area contributed by atoms with Crippen molar-refractivity contribution in [3.05, 3.63) is 40.3 Å². The van der Waals surface area contributed by atoms with Gasteiger partial charge in [-0.1, -0.05) is 6.08 Å². The average molecular weight is 262 g/mol. The minimum Gasteiger partial charge on any atom is -0.430 e. The second-order valence-electron chi connectivity index (χ2n) is 3.80. The van der Waals surface area contributed by atoms with Gasteiger partial charge in [0.15, 0.2) is 17.5 Å². The van der Waals surface area contributed by atoms with Crippen LogP contribution >= 0.6 is 11.3 Å². The Hall–Kier alpha value is -2.01. The Bertz CT molecular complexity index is 552. The number of thiophene rings is 1. The molecule has 0 saturated heterocycles. The summed E-state index contributed by atoms with van der Waals surface area (Å²) in [5.41, 5.74) is 0.858. The highest BCUT2D eigenvalue weighted by atomic mass is 32.1. The quantitative estimate of drug-likeness (QED) is 0.475. The van der Waals surface area contributed by atoms with Gasteiger partial charge in [0.05, 0.1) is 0 Å². The van der Waals surface area contributed by atoms with Gasteiger partial charge in [-0.05, 0) is 35.4 Å². The molecule has 0 aromatic carbocycles. The van der Waals surface area contributed by atoms with Gasteiger partial charge in [0.1, 0.15) is 5.76 Å². The normalized spacial score (nSPS) is 19.8. The Labute approximate surface area is 108 Å². The van der Waals surface area contributed by atoms with Crippen molar-refractivity contribution >= 4 is 34.9 Å². The lowest BCUT2D eigenvalue weighted by atomic mass is 9.96. The number of cyclic esters (lactones) is 1. The molecular formula is C13H10O4S. The molecule has 1 aromatic rings. The van der Waals surface area contributed by atoms with E-state index in [1.54, 1.807) is 6.08 Å². The summed E-state index contributed by atoms with van der Waals surface area (Å²) in [7, 11) is 0. The molecule has 92 valence electrons. The number of ketones is 2. The molecule has 4 nitrogen and oxygen atoms in total. The predicted molar refractivity (Wildman–Crippen MR) is 66.7 cm³/mol. The minimum absolute atomic E-state index is 0.218. The van der Waals surface area contributed by atoms with Gasteiger partial charge in [-0.25, -0.2) is 0 Å². The van der Waals surface area contributed by atoms with Crippen molar-refractivity contribution in [2.45, 2.75) is 6.92 Å². The van der Waals surface area contributed by atoms with Crippen LogP contribution in [0.15, 0.2) is 34.7 Å². The standard InChI is InChI=1S/C13H10O4S/c1-8-6-11(15)12(13(16)17-8)10(14)3-2-9-4-5-18-7-9/h2-7,12H,1H3/b3-2+/t12-/m0/s1. The van der Waals surface area contributed by atoms with E-state index in [1.807, 2.05) is 16.8 Å². The van der Waals surface area contributed by atoms with E-state index in [0.29, 0.717) is 0 Å². The van der Waals surface area contributed by atoms with Crippen LogP contribution in [0.3, 0.4) is 0 Å². The number of esters is 1. The zero-order chi connectivity index (χ0) is 13.1. The molecule has 0 fully saturated rings. The summed E-state index contributed by atoms with van der Waals surface area (Å²) in [4.78, 5) is 34.9. The highest BCUT2D eigenvalue weighted by Crippen LogP contribution is 2.17. The van der Waals surface area contributed by atoms with Crippen molar-refractivity contribution in [2.75, 3.05) is 0 Å². The highest BCUT2D eigenvalue weighted by Gasteiger charge is 2.36. The van der Waals surface area contributed by atoms with E-state index in [9.17, 15) is 14.4 Å². The molecule has 0 spiro atoms. The fraction of sp³-hybridized carbons (Fsp3) is 0.154. The first-order valence-electron chi connectivity index (χ1n) is 5.26. The molecule has 18 heavy (non-hydrogen) atoms. The number of hydrogen-bond acceptors (Lipinski definition) is 5. The molecule has 0 aliphatic carbocycles. The lowest BCUT2D eigenvalue weighted by Gasteiger charge is -2.15. The Kier molecular flexibility index (Phi) is 3.53. The maximum absolute atomic E-state index is 11.8. The molecule has 0 amide bonds. The molecule has 1 aliphatic heterocycles. The largest absolute Gasteiger partial charge is 0.430 e. The molecule has 0 radical (unpaired) electrons. The van der Waals surface area contributed by atoms with Gasteiger partial charge >= 0.3 is 5.97 Å². The van der Waals surface area contributed by atoms with E-state index >= 15 is 0 Å². The molecule has 0 N–H and O–H groups in total. The van der Waals surface area contributed by atoms with E-state index < -0.39 is 23.5 Å². The van der Waals surface area contributed by atoms with Gasteiger partial charge in [-0.3, -0.25) is 14.4 Å². The molecule has 2 rings (SSSR count). The smallest absolute Gasteiger partial charge is 0.329 e. The van der Waals surface area contributed by atoms with E-state index in [1.165, 1.54) is 30.4 Å². The lowest BCUT2D eigenvalue weighted by Crippen LogP contribution is -2.34. The third kappa shape index (κ3) is 2.62. The van der Waals surface area contributed by atoms with Gasteiger partial charge < -0.3 is 4.74 Å². The van der Waals surface area contributed by atoms with Crippen LogP contribution in [-0.2, 0) is 19.1 Å². The number of allylic oxidation sites excluding steroid dienone is 3. The van der Waals surface area contributed by atoms with Crippen molar-refractivity contribution in [1.82, 2.24) is 0 Å².